The third-order valence-electron chi connectivity index (χ3n) is 3.57. The smallest absolute Gasteiger partial charge is 0.246 e. The van der Waals surface area contributed by atoms with Crippen LogP contribution >= 0.6 is 24.8 Å². The van der Waals surface area contributed by atoms with Crippen LogP contribution in [0.5, 0.6) is 0 Å². The maximum Gasteiger partial charge on any atom is 0.246 e. The molecule has 2 amide bonds. The van der Waals surface area contributed by atoms with Crippen LogP contribution in [-0.2, 0) is 9.59 Å². The molecule has 0 saturated heterocycles. The van der Waals surface area contributed by atoms with Gasteiger partial charge in [-0.3, -0.25) is 9.59 Å². The summed E-state index contributed by atoms with van der Waals surface area (Å²) in [6, 6.07) is 8.85. The quantitative estimate of drug-likeness (QED) is 0.702. The summed E-state index contributed by atoms with van der Waals surface area (Å²) in [7, 11) is 3.91. The maximum absolute atomic E-state index is 12.5. The molecule has 3 N–H and O–H groups in total. The van der Waals surface area contributed by atoms with Crippen molar-refractivity contribution in [3.8, 4) is 0 Å². The van der Waals surface area contributed by atoms with Gasteiger partial charge in [0.25, 0.3) is 0 Å². The van der Waals surface area contributed by atoms with Gasteiger partial charge in [0, 0.05) is 18.8 Å². The number of hydrogen-bond donors (Lipinski definition) is 2. The zero-order valence-electron chi connectivity index (χ0n) is 15.3. The fourth-order valence-corrected chi connectivity index (χ4v) is 1.98. The number of likely N-dealkylation sites (N-methyl/N-ethyl adjacent to an activating group) is 1. The maximum atomic E-state index is 12.5. The van der Waals surface area contributed by atoms with Crippen LogP contribution in [0.4, 0.5) is 5.69 Å². The van der Waals surface area contributed by atoms with Gasteiger partial charge in [-0.2, -0.15) is 0 Å². The van der Waals surface area contributed by atoms with Crippen molar-refractivity contribution in [1.29, 1.82) is 0 Å². The normalized spacial score (nSPS) is 11.3. The number of carbonyl (C=O) groups is 2. The highest BCUT2D eigenvalue weighted by Gasteiger charge is 2.20. The molecular formula is C17H30Cl2N4O2. The lowest BCUT2D eigenvalue weighted by atomic mass is 10.1. The summed E-state index contributed by atoms with van der Waals surface area (Å²) in [5.41, 5.74) is 6.61. The minimum Gasteiger partial charge on any atom is -0.346 e. The number of anilines is 1. The van der Waals surface area contributed by atoms with E-state index in [4.69, 9.17) is 5.73 Å². The molecule has 1 rings (SSSR count). The van der Waals surface area contributed by atoms with Crippen molar-refractivity contribution >= 4 is 42.3 Å². The summed E-state index contributed by atoms with van der Waals surface area (Å²) in [4.78, 5) is 28.1. The van der Waals surface area contributed by atoms with Gasteiger partial charge in [-0.1, -0.05) is 32.0 Å². The lowest BCUT2D eigenvalue weighted by Gasteiger charge is -2.25. The molecule has 0 aliphatic carbocycles. The zero-order chi connectivity index (χ0) is 17.4. The molecule has 0 saturated carbocycles. The van der Waals surface area contributed by atoms with Crippen molar-refractivity contribution in [3.63, 3.8) is 0 Å². The first-order chi connectivity index (χ1) is 10.8. The van der Waals surface area contributed by atoms with E-state index in [0.29, 0.717) is 6.54 Å². The Labute approximate surface area is 162 Å². The number of nitrogens with two attached hydrogens (primary N) is 1. The molecule has 0 aliphatic heterocycles. The van der Waals surface area contributed by atoms with Crippen LogP contribution < -0.4 is 16.0 Å². The molecule has 6 nitrogen and oxygen atoms in total. The Kier molecular flexibility index (Phi) is 13.4. The highest BCUT2D eigenvalue weighted by molar-refractivity contribution is 5.97. The van der Waals surface area contributed by atoms with Gasteiger partial charge < -0.3 is 20.9 Å². The standard InChI is InChI=1S/C17H28N4O2.2ClH/c1-13(2)16(18)17(23)19-12-15(22)21(11-10-20(3)4)14-8-6-5-7-9-14;;/h5-9,13,16H,10-12,18H2,1-4H3,(H,19,23);2*1H/t16-;;/m0../s1. The van der Waals surface area contributed by atoms with Crippen LogP contribution in [-0.4, -0.2) is 56.5 Å². The summed E-state index contributed by atoms with van der Waals surface area (Å²) in [5.74, 6) is -0.416. The number of hydrogen-bond acceptors (Lipinski definition) is 4. The van der Waals surface area contributed by atoms with Crippen molar-refractivity contribution < 1.29 is 9.59 Å². The average molecular weight is 393 g/mol. The van der Waals surface area contributed by atoms with Crippen molar-refractivity contribution in [2.75, 3.05) is 38.6 Å². The summed E-state index contributed by atoms with van der Waals surface area (Å²) in [5, 5.41) is 2.63. The van der Waals surface area contributed by atoms with Crippen molar-refractivity contribution in [3.05, 3.63) is 30.3 Å². The molecule has 1 aromatic rings. The Bertz CT molecular complexity index is 513. The molecule has 25 heavy (non-hydrogen) atoms. The molecule has 1 atom stereocenters. The Hall–Kier alpha value is -1.34. The SMILES string of the molecule is CC(C)[C@H](N)C(=O)NCC(=O)N(CCN(C)C)c1ccccc1.Cl.Cl. The Morgan fingerprint density at radius 3 is 2.12 bits per heavy atom. The highest BCUT2D eigenvalue weighted by Crippen LogP contribution is 2.13. The molecule has 0 bridgehead atoms. The molecule has 0 unspecified atom stereocenters. The number of nitrogens with zero attached hydrogens (tertiary/aromatic N) is 2. The monoisotopic (exact) mass is 392 g/mol. The van der Waals surface area contributed by atoms with Crippen molar-refractivity contribution in [1.82, 2.24) is 10.2 Å². The third-order valence-corrected chi connectivity index (χ3v) is 3.57. The Morgan fingerprint density at radius 2 is 1.64 bits per heavy atom. The van der Waals surface area contributed by atoms with Gasteiger partial charge in [0.15, 0.2) is 0 Å². The van der Waals surface area contributed by atoms with E-state index in [9.17, 15) is 9.59 Å². The largest absolute Gasteiger partial charge is 0.346 e. The first kappa shape index (κ1) is 25.9. The molecule has 0 fully saturated rings. The summed E-state index contributed by atoms with van der Waals surface area (Å²) in [6.07, 6.45) is 0. The van der Waals surface area contributed by atoms with Gasteiger partial charge in [0.2, 0.25) is 11.8 Å². The van der Waals surface area contributed by atoms with E-state index < -0.39 is 6.04 Å². The number of nitrogens with one attached hydrogen (secondary N) is 1. The minimum absolute atomic E-state index is 0. The van der Waals surface area contributed by atoms with E-state index in [-0.39, 0.29) is 49.1 Å². The van der Waals surface area contributed by atoms with Gasteiger partial charge in [-0.15, -0.1) is 24.8 Å². The van der Waals surface area contributed by atoms with Gasteiger partial charge in [-0.05, 0) is 32.1 Å². The van der Waals surface area contributed by atoms with E-state index >= 15 is 0 Å². The van der Waals surface area contributed by atoms with Crippen LogP contribution in [0, 0.1) is 5.92 Å². The number of para-hydroxylation sites is 1. The number of halogens is 2. The fraction of sp³-hybridized carbons (Fsp3) is 0.529. The topological polar surface area (TPSA) is 78.7 Å². The number of benzene rings is 1. The van der Waals surface area contributed by atoms with E-state index in [1.54, 1.807) is 4.90 Å². The molecule has 144 valence electrons. The molecule has 0 heterocycles. The first-order valence-corrected chi connectivity index (χ1v) is 7.86. The Balaban J connectivity index is 0. The molecule has 1 aromatic carbocycles. The van der Waals surface area contributed by atoms with E-state index in [1.165, 1.54) is 0 Å². The summed E-state index contributed by atoms with van der Waals surface area (Å²) in [6.45, 7) is 4.99. The van der Waals surface area contributed by atoms with Crippen LogP contribution in [0.2, 0.25) is 0 Å². The van der Waals surface area contributed by atoms with Gasteiger partial charge in [-0.25, -0.2) is 0 Å². The number of carbonyl (C=O) groups excluding carboxylic acids is 2. The van der Waals surface area contributed by atoms with Gasteiger partial charge in [0.05, 0.1) is 12.6 Å². The predicted molar refractivity (Wildman–Crippen MR) is 108 cm³/mol. The second-order valence-electron chi connectivity index (χ2n) is 6.17. The minimum atomic E-state index is -0.602. The summed E-state index contributed by atoms with van der Waals surface area (Å²) < 4.78 is 0. The van der Waals surface area contributed by atoms with Crippen molar-refractivity contribution in [2.24, 2.45) is 11.7 Å². The summed E-state index contributed by atoms with van der Waals surface area (Å²) >= 11 is 0. The molecule has 0 aromatic heterocycles. The van der Waals surface area contributed by atoms with E-state index in [2.05, 4.69) is 5.32 Å². The average Bonchev–Trinajstić information content (AvgIpc) is 2.52. The zero-order valence-corrected chi connectivity index (χ0v) is 16.9. The van der Waals surface area contributed by atoms with Crippen LogP contribution in [0.15, 0.2) is 30.3 Å². The first-order valence-electron chi connectivity index (χ1n) is 7.86. The second kappa shape index (κ2) is 12.9. The van der Waals surface area contributed by atoms with E-state index in [1.807, 2.05) is 63.2 Å². The second-order valence-corrected chi connectivity index (χ2v) is 6.17. The lowest BCUT2D eigenvalue weighted by Crippen LogP contribution is -2.48. The molecule has 0 radical (unpaired) electrons. The number of rotatable bonds is 8. The molecule has 8 heteroatoms. The van der Waals surface area contributed by atoms with Crippen LogP contribution in [0.3, 0.4) is 0 Å². The predicted octanol–water partition coefficient (Wildman–Crippen LogP) is 1.52. The highest BCUT2D eigenvalue weighted by atomic mass is 35.5. The third kappa shape index (κ3) is 9.07. The van der Waals surface area contributed by atoms with Crippen LogP contribution in [0.1, 0.15) is 13.8 Å². The number of amides is 2. The Morgan fingerprint density at radius 1 is 1.08 bits per heavy atom. The molecule has 0 aliphatic rings. The molecule has 0 spiro atoms. The van der Waals surface area contributed by atoms with Gasteiger partial charge in [0.1, 0.15) is 0 Å². The molecular weight excluding hydrogens is 363 g/mol. The fourth-order valence-electron chi connectivity index (χ4n) is 1.98. The lowest BCUT2D eigenvalue weighted by molar-refractivity contribution is -0.126. The van der Waals surface area contributed by atoms with E-state index in [0.717, 1.165) is 12.2 Å². The van der Waals surface area contributed by atoms with Gasteiger partial charge >= 0.3 is 0 Å². The van der Waals surface area contributed by atoms with Crippen LogP contribution in [0.25, 0.3) is 0 Å². The van der Waals surface area contributed by atoms with Crippen molar-refractivity contribution in [2.45, 2.75) is 19.9 Å².